The van der Waals surface area contributed by atoms with Crippen LogP contribution in [0.4, 0.5) is 11.9 Å². The van der Waals surface area contributed by atoms with Crippen molar-refractivity contribution < 1.29 is 4.79 Å². The molecule has 0 bridgehead atoms. The molecule has 106 valence electrons. The summed E-state index contributed by atoms with van der Waals surface area (Å²) in [6.07, 6.45) is 2.89. The van der Waals surface area contributed by atoms with Crippen LogP contribution in [0.2, 0.25) is 0 Å². The summed E-state index contributed by atoms with van der Waals surface area (Å²) in [5.74, 6) is 1.07. The predicted octanol–water partition coefficient (Wildman–Crippen LogP) is -0.958. The first-order chi connectivity index (χ1) is 9.69. The molecule has 20 heavy (non-hydrogen) atoms. The third-order valence-corrected chi connectivity index (χ3v) is 2.25. The van der Waals surface area contributed by atoms with E-state index in [0.29, 0.717) is 30.9 Å². The largest absolute Gasteiger partial charge is 0.357 e. The molecule has 10 nitrogen and oxygen atoms in total. The minimum Gasteiger partial charge on any atom is -0.357 e. The average molecular weight is 277 g/mol. The number of anilines is 2. The quantitative estimate of drug-likeness (QED) is 0.577. The Balaban J connectivity index is 2.08. The number of hydrogen-bond donors (Lipinski definition) is 3. The summed E-state index contributed by atoms with van der Waals surface area (Å²) in [4.78, 5) is 27.1. The highest BCUT2D eigenvalue weighted by atomic mass is 16.1. The molecule has 0 saturated carbocycles. The number of amides is 1. The molecule has 0 saturated heterocycles. The highest BCUT2D eigenvalue weighted by molar-refractivity contribution is 5.72. The SMILES string of the molecule is CNc1nc(NCCNC(C)=O)nc(-n2cncn2)n1. The van der Waals surface area contributed by atoms with Crippen molar-refractivity contribution in [3.05, 3.63) is 12.7 Å². The van der Waals surface area contributed by atoms with Crippen LogP contribution >= 0.6 is 0 Å². The zero-order valence-corrected chi connectivity index (χ0v) is 11.2. The first-order valence-corrected chi connectivity index (χ1v) is 5.96. The van der Waals surface area contributed by atoms with Crippen molar-refractivity contribution in [3.8, 4) is 5.95 Å². The van der Waals surface area contributed by atoms with Crippen LogP contribution in [0.3, 0.4) is 0 Å². The predicted molar refractivity (Wildman–Crippen MR) is 71.5 cm³/mol. The lowest BCUT2D eigenvalue weighted by molar-refractivity contribution is -0.118. The molecule has 2 heterocycles. The number of rotatable bonds is 6. The van der Waals surface area contributed by atoms with E-state index < -0.39 is 0 Å². The van der Waals surface area contributed by atoms with Gasteiger partial charge in [0.25, 0.3) is 5.95 Å². The molecule has 0 spiro atoms. The zero-order chi connectivity index (χ0) is 14.4. The van der Waals surface area contributed by atoms with Gasteiger partial charge in [0.05, 0.1) is 0 Å². The van der Waals surface area contributed by atoms with E-state index in [1.807, 2.05) is 0 Å². The summed E-state index contributed by atoms with van der Waals surface area (Å²) in [6.45, 7) is 2.45. The molecule has 0 unspecified atom stereocenters. The van der Waals surface area contributed by atoms with Crippen LogP contribution in [-0.2, 0) is 4.79 Å². The van der Waals surface area contributed by atoms with Crippen molar-refractivity contribution in [2.75, 3.05) is 30.8 Å². The molecule has 0 atom stereocenters. The van der Waals surface area contributed by atoms with E-state index >= 15 is 0 Å². The molecule has 0 aliphatic carbocycles. The molecule has 10 heteroatoms. The molecule has 2 rings (SSSR count). The van der Waals surface area contributed by atoms with E-state index in [4.69, 9.17) is 0 Å². The maximum Gasteiger partial charge on any atom is 0.258 e. The Morgan fingerprint density at radius 1 is 1.25 bits per heavy atom. The van der Waals surface area contributed by atoms with Crippen molar-refractivity contribution in [2.45, 2.75) is 6.92 Å². The molecule has 2 aromatic heterocycles. The monoisotopic (exact) mass is 277 g/mol. The third-order valence-electron chi connectivity index (χ3n) is 2.25. The normalized spacial score (nSPS) is 10.1. The number of nitrogens with one attached hydrogen (secondary N) is 3. The smallest absolute Gasteiger partial charge is 0.258 e. The molecule has 3 N–H and O–H groups in total. The second-order valence-electron chi connectivity index (χ2n) is 3.78. The summed E-state index contributed by atoms with van der Waals surface area (Å²) in [5.41, 5.74) is 0. The maximum absolute atomic E-state index is 10.8. The van der Waals surface area contributed by atoms with Crippen molar-refractivity contribution in [2.24, 2.45) is 0 Å². The average Bonchev–Trinajstić information content (AvgIpc) is 2.97. The van der Waals surface area contributed by atoms with E-state index in [2.05, 4.69) is 41.0 Å². The molecular formula is C10H15N9O. The van der Waals surface area contributed by atoms with Gasteiger partial charge in [0.1, 0.15) is 12.7 Å². The molecule has 0 aliphatic heterocycles. The second-order valence-corrected chi connectivity index (χ2v) is 3.78. The Bertz CT molecular complexity index is 568. The number of nitrogens with zero attached hydrogens (tertiary/aromatic N) is 6. The van der Waals surface area contributed by atoms with Gasteiger partial charge in [-0.15, -0.1) is 0 Å². The molecule has 0 fully saturated rings. The van der Waals surface area contributed by atoms with Gasteiger partial charge in [0.2, 0.25) is 17.8 Å². The Hall–Kier alpha value is -2.78. The molecule has 0 aromatic carbocycles. The van der Waals surface area contributed by atoms with E-state index in [1.54, 1.807) is 7.05 Å². The minimum atomic E-state index is -0.0818. The molecule has 0 aliphatic rings. The lowest BCUT2D eigenvalue weighted by Gasteiger charge is -2.08. The summed E-state index contributed by atoms with van der Waals surface area (Å²) in [7, 11) is 1.71. The summed E-state index contributed by atoms with van der Waals surface area (Å²) >= 11 is 0. The fourth-order valence-electron chi connectivity index (χ4n) is 1.38. The van der Waals surface area contributed by atoms with Gasteiger partial charge in [0.15, 0.2) is 0 Å². The van der Waals surface area contributed by atoms with E-state index in [-0.39, 0.29) is 5.91 Å². The molecule has 0 radical (unpaired) electrons. The second kappa shape index (κ2) is 6.41. The number of carbonyl (C=O) groups is 1. The summed E-state index contributed by atoms with van der Waals surface area (Å²) < 4.78 is 1.43. The van der Waals surface area contributed by atoms with Crippen molar-refractivity contribution >= 4 is 17.8 Å². The number of aromatic nitrogens is 6. The zero-order valence-electron chi connectivity index (χ0n) is 11.2. The van der Waals surface area contributed by atoms with Gasteiger partial charge in [-0.3, -0.25) is 4.79 Å². The number of carbonyl (C=O) groups excluding carboxylic acids is 1. The van der Waals surface area contributed by atoms with E-state index in [9.17, 15) is 4.79 Å². The summed E-state index contributed by atoms with van der Waals surface area (Å²) in [6, 6.07) is 0. The van der Waals surface area contributed by atoms with Crippen molar-refractivity contribution in [1.82, 2.24) is 35.0 Å². The third kappa shape index (κ3) is 3.60. The van der Waals surface area contributed by atoms with Crippen LogP contribution in [0.1, 0.15) is 6.92 Å². The van der Waals surface area contributed by atoms with Gasteiger partial charge < -0.3 is 16.0 Å². The molecule has 2 aromatic rings. The van der Waals surface area contributed by atoms with Gasteiger partial charge in [-0.25, -0.2) is 4.98 Å². The minimum absolute atomic E-state index is 0.0818. The summed E-state index contributed by atoms with van der Waals surface area (Å²) in [5, 5.41) is 12.5. The van der Waals surface area contributed by atoms with Gasteiger partial charge >= 0.3 is 0 Å². The van der Waals surface area contributed by atoms with Crippen LogP contribution in [0, 0.1) is 0 Å². The Labute approximate surface area is 115 Å². The van der Waals surface area contributed by atoms with Crippen LogP contribution in [-0.4, -0.2) is 55.8 Å². The molecular weight excluding hydrogens is 262 g/mol. The standard InChI is InChI=1S/C10H15N9O/c1-7(20)13-3-4-14-9-16-8(11-2)17-10(18-9)19-6-12-5-15-19/h5-6H,3-4H2,1-2H3,(H,13,20)(H2,11,14,16,17,18). The van der Waals surface area contributed by atoms with Crippen LogP contribution in [0.25, 0.3) is 5.95 Å². The Morgan fingerprint density at radius 3 is 2.70 bits per heavy atom. The van der Waals surface area contributed by atoms with Crippen LogP contribution < -0.4 is 16.0 Å². The van der Waals surface area contributed by atoms with Crippen molar-refractivity contribution in [1.29, 1.82) is 0 Å². The lowest BCUT2D eigenvalue weighted by Crippen LogP contribution is -2.27. The lowest BCUT2D eigenvalue weighted by atomic mass is 10.6. The van der Waals surface area contributed by atoms with Gasteiger partial charge in [-0.2, -0.15) is 24.7 Å². The maximum atomic E-state index is 10.8. The van der Waals surface area contributed by atoms with Crippen molar-refractivity contribution in [3.63, 3.8) is 0 Å². The number of hydrogen-bond acceptors (Lipinski definition) is 8. The van der Waals surface area contributed by atoms with E-state index in [0.717, 1.165) is 0 Å². The first kappa shape index (κ1) is 13.6. The topological polar surface area (TPSA) is 123 Å². The fourth-order valence-corrected chi connectivity index (χ4v) is 1.38. The Kier molecular flexibility index (Phi) is 4.37. The van der Waals surface area contributed by atoms with Gasteiger partial charge in [0, 0.05) is 27.1 Å². The van der Waals surface area contributed by atoms with Crippen LogP contribution in [0.5, 0.6) is 0 Å². The van der Waals surface area contributed by atoms with E-state index in [1.165, 1.54) is 24.3 Å². The highest BCUT2D eigenvalue weighted by Gasteiger charge is 2.07. The fraction of sp³-hybridized carbons (Fsp3) is 0.400. The first-order valence-electron chi connectivity index (χ1n) is 5.96. The Morgan fingerprint density at radius 2 is 2.05 bits per heavy atom. The van der Waals surface area contributed by atoms with Gasteiger partial charge in [-0.05, 0) is 0 Å². The molecule has 1 amide bonds. The van der Waals surface area contributed by atoms with Crippen LogP contribution in [0.15, 0.2) is 12.7 Å². The highest BCUT2D eigenvalue weighted by Crippen LogP contribution is 2.07. The van der Waals surface area contributed by atoms with Gasteiger partial charge in [-0.1, -0.05) is 0 Å².